The van der Waals surface area contributed by atoms with E-state index < -0.39 is 0 Å². The lowest BCUT2D eigenvalue weighted by atomic mass is 10.1. The molecule has 0 saturated carbocycles. The monoisotopic (exact) mass is 311 g/mol. The molecule has 4 nitrogen and oxygen atoms in total. The molecular weight excluding hydrogens is 294 g/mol. The van der Waals surface area contributed by atoms with Gasteiger partial charge in [0.05, 0.1) is 15.2 Å². The molecule has 0 radical (unpaired) electrons. The Morgan fingerprint density at radius 1 is 0.955 bits per heavy atom. The lowest BCUT2D eigenvalue weighted by Crippen LogP contribution is -2.19. The molecule has 112 valence electrons. The van der Waals surface area contributed by atoms with Gasteiger partial charge in [-0.15, -0.1) is 11.3 Å². The van der Waals surface area contributed by atoms with Gasteiger partial charge in [-0.1, -0.05) is 6.07 Å². The van der Waals surface area contributed by atoms with Crippen LogP contribution >= 0.6 is 11.3 Å². The number of amides is 2. The molecule has 3 aromatic rings. The second kappa shape index (κ2) is 5.77. The molecule has 0 unspecified atom stereocenters. The maximum Gasteiger partial charge on any atom is 0.323 e. The number of benzene rings is 2. The van der Waals surface area contributed by atoms with E-state index in [0.717, 1.165) is 32.2 Å². The van der Waals surface area contributed by atoms with Crippen LogP contribution in [0.3, 0.4) is 0 Å². The van der Waals surface area contributed by atoms with Crippen molar-refractivity contribution in [2.45, 2.75) is 20.8 Å². The third-order valence-corrected chi connectivity index (χ3v) is 4.45. The molecule has 0 fully saturated rings. The van der Waals surface area contributed by atoms with Crippen LogP contribution in [0.5, 0.6) is 0 Å². The van der Waals surface area contributed by atoms with E-state index >= 15 is 0 Å². The molecule has 2 N–H and O–H groups in total. The van der Waals surface area contributed by atoms with Crippen LogP contribution < -0.4 is 10.6 Å². The second-order valence-corrected chi connectivity index (χ2v) is 6.53. The molecule has 0 aliphatic carbocycles. The quantitative estimate of drug-likeness (QED) is 0.709. The van der Waals surface area contributed by atoms with Gasteiger partial charge in [0.2, 0.25) is 0 Å². The minimum Gasteiger partial charge on any atom is -0.308 e. The van der Waals surface area contributed by atoms with Crippen molar-refractivity contribution in [2.75, 3.05) is 10.6 Å². The van der Waals surface area contributed by atoms with Gasteiger partial charge in [0, 0.05) is 11.4 Å². The number of hydrogen-bond acceptors (Lipinski definition) is 3. The fraction of sp³-hybridized carbons (Fsp3) is 0.176. The van der Waals surface area contributed by atoms with Crippen molar-refractivity contribution in [3.63, 3.8) is 0 Å². The average Bonchev–Trinajstić information content (AvgIpc) is 2.82. The van der Waals surface area contributed by atoms with Crippen LogP contribution in [0.25, 0.3) is 10.2 Å². The summed E-state index contributed by atoms with van der Waals surface area (Å²) in [5.74, 6) is 0. The van der Waals surface area contributed by atoms with E-state index in [1.165, 1.54) is 5.56 Å². The van der Waals surface area contributed by atoms with Crippen molar-refractivity contribution >= 4 is 39.0 Å². The first-order valence-electron chi connectivity index (χ1n) is 7.04. The lowest BCUT2D eigenvalue weighted by molar-refractivity contribution is 0.262. The summed E-state index contributed by atoms with van der Waals surface area (Å²) in [5.41, 5.74) is 4.87. The van der Waals surface area contributed by atoms with Crippen LogP contribution in [0.2, 0.25) is 0 Å². The van der Waals surface area contributed by atoms with E-state index in [4.69, 9.17) is 0 Å². The van der Waals surface area contributed by atoms with Crippen molar-refractivity contribution in [3.05, 3.63) is 52.5 Å². The van der Waals surface area contributed by atoms with E-state index in [1.807, 2.05) is 57.2 Å². The highest BCUT2D eigenvalue weighted by atomic mass is 32.1. The number of aromatic nitrogens is 1. The number of thiazole rings is 1. The third-order valence-electron chi connectivity index (χ3n) is 3.52. The van der Waals surface area contributed by atoms with E-state index in [2.05, 4.69) is 15.6 Å². The van der Waals surface area contributed by atoms with Crippen LogP contribution in [0.4, 0.5) is 16.2 Å². The molecule has 0 spiro atoms. The zero-order valence-corrected chi connectivity index (χ0v) is 13.5. The number of aryl methyl sites for hydroxylation is 3. The third kappa shape index (κ3) is 3.09. The topological polar surface area (TPSA) is 54.0 Å². The Labute approximate surface area is 133 Å². The van der Waals surface area contributed by atoms with Gasteiger partial charge in [0.25, 0.3) is 0 Å². The summed E-state index contributed by atoms with van der Waals surface area (Å²) < 4.78 is 1.07. The Kier molecular flexibility index (Phi) is 3.81. The van der Waals surface area contributed by atoms with Gasteiger partial charge in [-0.2, -0.15) is 0 Å². The number of fused-ring (bicyclic) bond motifs is 1. The fourth-order valence-electron chi connectivity index (χ4n) is 2.23. The van der Waals surface area contributed by atoms with Gasteiger partial charge in [0.1, 0.15) is 0 Å². The number of hydrogen-bond donors (Lipinski definition) is 2. The van der Waals surface area contributed by atoms with Crippen molar-refractivity contribution in [1.82, 2.24) is 4.98 Å². The normalized spacial score (nSPS) is 10.7. The highest BCUT2D eigenvalue weighted by Crippen LogP contribution is 2.25. The molecule has 0 saturated heterocycles. The second-order valence-electron chi connectivity index (χ2n) is 5.29. The predicted molar refractivity (Wildman–Crippen MR) is 92.9 cm³/mol. The maximum absolute atomic E-state index is 12.1. The number of nitrogens with zero attached hydrogens (tertiary/aromatic N) is 1. The summed E-state index contributed by atoms with van der Waals surface area (Å²) in [6, 6.07) is 11.3. The van der Waals surface area contributed by atoms with Crippen molar-refractivity contribution in [2.24, 2.45) is 0 Å². The van der Waals surface area contributed by atoms with E-state index in [-0.39, 0.29) is 6.03 Å². The molecule has 2 amide bonds. The van der Waals surface area contributed by atoms with Gasteiger partial charge in [0.15, 0.2) is 0 Å². The largest absolute Gasteiger partial charge is 0.323 e. The molecule has 1 heterocycles. The SMILES string of the molecule is Cc1nc2ccc(NC(=O)Nc3ccc(C)c(C)c3)cc2s1. The zero-order chi connectivity index (χ0) is 15.7. The Hall–Kier alpha value is -2.40. The molecule has 0 aliphatic heterocycles. The van der Waals surface area contributed by atoms with Gasteiger partial charge in [-0.3, -0.25) is 0 Å². The van der Waals surface area contributed by atoms with Crippen LogP contribution in [-0.2, 0) is 0 Å². The summed E-state index contributed by atoms with van der Waals surface area (Å²) in [4.78, 5) is 16.5. The van der Waals surface area contributed by atoms with Gasteiger partial charge < -0.3 is 10.6 Å². The Balaban J connectivity index is 1.73. The maximum atomic E-state index is 12.1. The predicted octanol–water partition coefficient (Wildman–Crippen LogP) is 4.87. The molecule has 3 rings (SSSR count). The van der Waals surface area contributed by atoms with Gasteiger partial charge in [-0.05, 0) is 62.2 Å². The Morgan fingerprint density at radius 2 is 1.64 bits per heavy atom. The minimum atomic E-state index is -0.246. The van der Waals surface area contributed by atoms with E-state index in [9.17, 15) is 4.79 Å². The number of urea groups is 1. The number of carbonyl (C=O) groups excluding carboxylic acids is 1. The van der Waals surface area contributed by atoms with Gasteiger partial charge in [-0.25, -0.2) is 9.78 Å². The smallest absolute Gasteiger partial charge is 0.308 e. The molecule has 0 bridgehead atoms. The Morgan fingerprint density at radius 3 is 2.36 bits per heavy atom. The first kappa shape index (κ1) is 14.5. The summed E-state index contributed by atoms with van der Waals surface area (Å²) in [6.07, 6.45) is 0. The van der Waals surface area contributed by atoms with Crippen LogP contribution in [0.15, 0.2) is 36.4 Å². The van der Waals surface area contributed by atoms with E-state index in [0.29, 0.717) is 0 Å². The Bertz CT molecular complexity index is 854. The highest BCUT2D eigenvalue weighted by Gasteiger charge is 2.06. The van der Waals surface area contributed by atoms with Crippen molar-refractivity contribution in [3.8, 4) is 0 Å². The first-order chi connectivity index (χ1) is 10.5. The van der Waals surface area contributed by atoms with Crippen molar-refractivity contribution in [1.29, 1.82) is 0 Å². The first-order valence-corrected chi connectivity index (χ1v) is 7.85. The molecule has 0 atom stereocenters. The van der Waals surface area contributed by atoms with Crippen LogP contribution in [0.1, 0.15) is 16.1 Å². The fourth-order valence-corrected chi connectivity index (χ4v) is 3.10. The molecule has 2 aromatic carbocycles. The average molecular weight is 311 g/mol. The molecule has 5 heteroatoms. The van der Waals surface area contributed by atoms with Crippen molar-refractivity contribution < 1.29 is 4.79 Å². The van der Waals surface area contributed by atoms with Crippen LogP contribution in [0, 0.1) is 20.8 Å². The summed E-state index contributed by atoms with van der Waals surface area (Å²) in [6.45, 7) is 6.05. The molecule has 0 aliphatic rings. The molecule has 22 heavy (non-hydrogen) atoms. The zero-order valence-electron chi connectivity index (χ0n) is 12.7. The molecule has 1 aromatic heterocycles. The highest BCUT2D eigenvalue weighted by molar-refractivity contribution is 7.18. The summed E-state index contributed by atoms with van der Waals surface area (Å²) >= 11 is 1.62. The van der Waals surface area contributed by atoms with Crippen LogP contribution in [-0.4, -0.2) is 11.0 Å². The van der Waals surface area contributed by atoms with Gasteiger partial charge >= 0.3 is 6.03 Å². The number of rotatable bonds is 2. The number of nitrogens with one attached hydrogen (secondary N) is 2. The standard InChI is InChI=1S/C17H17N3OS/c1-10-4-5-13(8-11(10)2)19-17(21)20-14-6-7-15-16(9-14)22-12(3)18-15/h4-9H,1-3H3,(H2,19,20,21). The molecular formula is C17H17N3OS. The summed E-state index contributed by atoms with van der Waals surface area (Å²) in [7, 11) is 0. The van der Waals surface area contributed by atoms with E-state index in [1.54, 1.807) is 11.3 Å². The summed E-state index contributed by atoms with van der Waals surface area (Å²) in [5, 5.41) is 6.72. The number of anilines is 2. The minimum absolute atomic E-state index is 0.246. The lowest BCUT2D eigenvalue weighted by Gasteiger charge is -2.09. The number of carbonyl (C=O) groups is 1.